The van der Waals surface area contributed by atoms with Crippen molar-refractivity contribution in [2.24, 2.45) is 0 Å². The second-order valence-corrected chi connectivity index (χ2v) is 5.35. The first-order valence-electron chi connectivity index (χ1n) is 7.57. The molecule has 5 nitrogen and oxygen atoms in total. The van der Waals surface area contributed by atoms with Crippen molar-refractivity contribution >= 4 is 11.9 Å². The summed E-state index contributed by atoms with van der Waals surface area (Å²) < 4.78 is 0. The fourth-order valence-corrected chi connectivity index (χ4v) is 2.39. The largest absolute Gasteiger partial charge is 0.478 e. The van der Waals surface area contributed by atoms with Crippen LogP contribution in [0.2, 0.25) is 0 Å². The number of carbonyl (C=O) groups is 2. The second-order valence-electron chi connectivity index (χ2n) is 5.35. The Morgan fingerprint density at radius 2 is 1.83 bits per heavy atom. The van der Waals surface area contributed by atoms with Crippen LogP contribution in [-0.2, 0) is 6.54 Å². The number of aryl methyl sites for hydroxylation is 1. The highest BCUT2D eigenvalue weighted by atomic mass is 16.4. The Kier molecular flexibility index (Phi) is 5.46. The van der Waals surface area contributed by atoms with Crippen LogP contribution in [0, 0.1) is 6.92 Å². The number of benzene rings is 1. The van der Waals surface area contributed by atoms with E-state index in [1.807, 2.05) is 37.3 Å². The lowest BCUT2D eigenvalue weighted by Crippen LogP contribution is -2.32. The maximum atomic E-state index is 12.7. The van der Waals surface area contributed by atoms with Gasteiger partial charge in [-0.1, -0.05) is 37.3 Å². The number of aromatic carboxylic acids is 1. The number of carboxylic acid groups (broad SMARTS) is 1. The molecule has 1 aromatic heterocycles. The van der Waals surface area contributed by atoms with Gasteiger partial charge >= 0.3 is 5.97 Å². The molecule has 0 bridgehead atoms. The van der Waals surface area contributed by atoms with Crippen molar-refractivity contribution in [2.45, 2.75) is 26.8 Å². The van der Waals surface area contributed by atoms with Gasteiger partial charge in [0.15, 0.2) is 0 Å². The number of pyridine rings is 1. The van der Waals surface area contributed by atoms with E-state index in [9.17, 15) is 9.59 Å². The molecule has 23 heavy (non-hydrogen) atoms. The van der Waals surface area contributed by atoms with Crippen LogP contribution < -0.4 is 0 Å². The third-order valence-electron chi connectivity index (χ3n) is 3.53. The lowest BCUT2D eigenvalue weighted by atomic mass is 10.1. The van der Waals surface area contributed by atoms with Crippen molar-refractivity contribution in [3.63, 3.8) is 0 Å². The number of carbonyl (C=O) groups excluding carboxylic acids is 1. The minimum Gasteiger partial charge on any atom is -0.478 e. The summed E-state index contributed by atoms with van der Waals surface area (Å²) in [5.74, 6) is -1.22. The van der Waals surface area contributed by atoms with Crippen LogP contribution in [0.3, 0.4) is 0 Å². The van der Waals surface area contributed by atoms with Gasteiger partial charge in [-0.25, -0.2) is 9.78 Å². The molecule has 1 amide bonds. The fourth-order valence-electron chi connectivity index (χ4n) is 2.39. The van der Waals surface area contributed by atoms with E-state index >= 15 is 0 Å². The number of rotatable bonds is 6. The van der Waals surface area contributed by atoms with Crippen LogP contribution in [0.25, 0.3) is 0 Å². The van der Waals surface area contributed by atoms with Crippen LogP contribution in [0.15, 0.2) is 42.5 Å². The Labute approximate surface area is 135 Å². The number of hydrogen-bond donors (Lipinski definition) is 1. The fraction of sp³-hybridized carbons (Fsp3) is 0.278. The molecule has 0 aliphatic carbocycles. The predicted octanol–water partition coefficient (Wildman–Crippen LogP) is 3.14. The maximum Gasteiger partial charge on any atom is 0.337 e. The van der Waals surface area contributed by atoms with Gasteiger partial charge in [0.05, 0.1) is 11.3 Å². The van der Waals surface area contributed by atoms with Gasteiger partial charge in [0.2, 0.25) is 0 Å². The van der Waals surface area contributed by atoms with Crippen molar-refractivity contribution in [2.75, 3.05) is 6.54 Å². The first-order chi connectivity index (χ1) is 11.0. The molecule has 0 atom stereocenters. The molecule has 2 aromatic rings. The van der Waals surface area contributed by atoms with Gasteiger partial charge in [0.25, 0.3) is 5.91 Å². The highest BCUT2D eigenvalue weighted by Gasteiger charge is 2.18. The smallest absolute Gasteiger partial charge is 0.337 e. The van der Waals surface area contributed by atoms with Gasteiger partial charge in [-0.2, -0.15) is 0 Å². The van der Waals surface area contributed by atoms with E-state index in [2.05, 4.69) is 4.98 Å². The number of nitrogens with zero attached hydrogens (tertiary/aromatic N) is 2. The van der Waals surface area contributed by atoms with Crippen molar-refractivity contribution < 1.29 is 14.7 Å². The Morgan fingerprint density at radius 3 is 2.39 bits per heavy atom. The van der Waals surface area contributed by atoms with Gasteiger partial charge in [0.1, 0.15) is 5.69 Å². The molecule has 1 aromatic carbocycles. The average Bonchev–Trinajstić information content (AvgIpc) is 2.54. The first-order valence-corrected chi connectivity index (χ1v) is 7.57. The van der Waals surface area contributed by atoms with Gasteiger partial charge in [-0.05, 0) is 31.0 Å². The van der Waals surface area contributed by atoms with Gasteiger partial charge in [0, 0.05) is 13.1 Å². The molecule has 2 rings (SSSR count). The zero-order chi connectivity index (χ0) is 16.8. The van der Waals surface area contributed by atoms with Gasteiger partial charge < -0.3 is 10.0 Å². The van der Waals surface area contributed by atoms with Crippen LogP contribution in [0.1, 0.15) is 45.4 Å². The van der Waals surface area contributed by atoms with Gasteiger partial charge in [-0.3, -0.25) is 4.79 Å². The van der Waals surface area contributed by atoms with Crippen molar-refractivity contribution in [1.29, 1.82) is 0 Å². The minimum absolute atomic E-state index is 0.117. The number of carboxylic acids is 1. The lowest BCUT2D eigenvalue weighted by Gasteiger charge is -2.22. The standard InChI is InChI=1S/C18H20N2O3/c1-3-11-20(12-14-7-5-4-6-8-14)17(21)16-10-9-15(18(22)23)13(2)19-16/h4-10H,3,11-12H2,1-2H3,(H,22,23). The molecule has 5 heteroatoms. The van der Waals surface area contributed by atoms with E-state index in [0.29, 0.717) is 18.8 Å². The third-order valence-corrected chi connectivity index (χ3v) is 3.53. The molecule has 0 saturated carbocycles. The summed E-state index contributed by atoms with van der Waals surface area (Å²) in [7, 11) is 0. The molecule has 0 aliphatic heterocycles. The summed E-state index contributed by atoms with van der Waals surface area (Å²) in [4.78, 5) is 29.6. The monoisotopic (exact) mass is 312 g/mol. The summed E-state index contributed by atoms with van der Waals surface area (Å²) in [5, 5.41) is 9.05. The van der Waals surface area contributed by atoms with E-state index in [-0.39, 0.29) is 17.2 Å². The number of amides is 1. The van der Waals surface area contributed by atoms with E-state index < -0.39 is 5.97 Å². The Bertz CT molecular complexity index is 699. The zero-order valence-corrected chi connectivity index (χ0v) is 13.3. The van der Waals surface area contributed by atoms with Crippen molar-refractivity contribution in [1.82, 2.24) is 9.88 Å². The second kappa shape index (κ2) is 7.54. The summed E-state index contributed by atoms with van der Waals surface area (Å²) >= 11 is 0. The molecular formula is C18H20N2O3. The van der Waals surface area contributed by atoms with E-state index in [0.717, 1.165) is 12.0 Å². The minimum atomic E-state index is -1.04. The van der Waals surface area contributed by atoms with Crippen LogP contribution >= 0.6 is 0 Å². The Balaban J connectivity index is 2.24. The summed E-state index contributed by atoms with van der Waals surface area (Å²) in [6, 6.07) is 12.7. The van der Waals surface area contributed by atoms with Crippen LogP contribution in [0.4, 0.5) is 0 Å². The van der Waals surface area contributed by atoms with Crippen LogP contribution in [0.5, 0.6) is 0 Å². The third kappa shape index (κ3) is 4.16. The molecule has 0 unspecified atom stereocenters. The maximum absolute atomic E-state index is 12.7. The molecular weight excluding hydrogens is 292 g/mol. The lowest BCUT2D eigenvalue weighted by molar-refractivity contribution is 0.0690. The summed E-state index contributed by atoms with van der Waals surface area (Å²) in [6.45, 7) is 4.74. The molecule has 0 spiro atoms. The molecule has 0 radical (unpaired) electrons. The summed E-state index contributed by atoms with van der Waals surface area (Å²) in [6.07, 6.45) is 0.838. The molecule has 1 N–H and O–H groups in total. The molecule has 120 valence electrons. The topological polar surface area (TPSA) is 70.5 Å². The average molecular weight is 312 g/mol. The number of aromatic nitrogens is 1. The first kappa shape index (κ1) is 16.7. The normalized spacial score (nSPS) is 10.3. The molecule has 0 fully saturated rings. The van der Waals surface area contributed by atoms with Crippen LogP contribution in [-0.4, -0.2) is 33.4 Å². The highest BCUT2D eigenvalue weighted by molar-refractivity contribution is 5.94. The molecule has 1 heterocycles. The molecule has 0 aliphatic rings. The Morgan fingerprint density at radius 1 is 1.13 bits per heavy atom. The van der Waals surface area contributed by atoms with Crippen molar-refractivity contribution in [3.05, 3.63) is 65.0 Å². The van der Waals surface area contributed by atoms with E-state index in [1.54, 1.807) is 11.8 Å². The van der Waals surface area contributed by atoms with E-state index in [1.165, 1.54) is 12.1 Å². The SMILES string of the molecule is CCCN(Cc1ccccc1)C(=O)c1ccc(C(=O)O)c(C)n1. The van der Waals surface area contributed by atoms with Gasteiger partial charge in [-0.15, -0.1) is 0 Å². The number of hydrogen-bond acceptors (Lipinski definition) is 3. The molecule has 0 saturated heterocycles. The zero-order valence-electron chi connectivity index (χ0n) is 13.3. The van der Waals surface area contributed by atoms with E-state index in [4.69, 9.17) is 5.11 Å². The predicted molar refractivity (Wildman–Crippen MR) is 87.4 cm³/mol. The highest BCUT2D eigenvalue weighted by Crippen LogP contribution is 2.12. The quantitative estimate of drug-likeness (QED) is 0.889. The van der Waals surface area contributed by atoms with Crippen molar-refractivity contribution in [3.8, 4) is 0 Å². The Hall–Kier alpha value is -2.69. The summed E-state index contributed by atoms with van der Waals surface area (Å²) in [5.41, 5.74) is 1.79.